The lowest BCUT2D eigenvalue weighted by atomic mass is 10.1. The van der Waals surface area contributed by atoms with Crippen molar-refractivity contribution in [3.05, 3.63) is 42.0 Å². The van der Waals surface area contributed by atoms with Crippen LogP contribution in [0.3, 0.4) is 0 Å². The maximum atomic E-state index is 14.2. The van der Waals surface area contributed by atoms with E-state index in [0.29, 0.717) is 23.7 Å². The molecule has 2 rings (SSSR count). The van der Waals surface area contributed by atoms with Gasteiger partial charge in [0.25, 0.3) is 0 Å². The minimum Gasteiger partial charge on any atom is -0.491 e. The Kier molecular flexibility index (Phi) is 9.08. The smallest absolute Gasteiger partial charge is 0.165 e. The molecule has 1 aromatic heterocycles. The molecule has 2 aromatic rings. The summed E-state index contributed by atoms with van der Waals surface area (Å²) in [5.74, 6) is 0.482. The predicted molar refractivity (Wildman–Crippen MR) is 105 cm³/mol. The van der Waals surface area contributed by atoms with Crippen molar-refractivity contribution in [3.8, 4) is 17.1 Å². The first-order chi connectivity index (χ1) is 12.7. The number of aromatic nitrogens is 2. The maximum absolute atomic E-state index is 14.2. The average Bonchev–Trinajstić information content (AvgIpc) is 2.66. The highest BCUT2D eigenvalue weighted by Gasteiger charge is 2.08. The van der Waals surface area contributed by atoms with Gasteiger partial charge in [-0.2, -0.15) is 0 Å². The van der Waals surface area contributed by atoms with Crippen molar-refractivity contribution in [2.24, 2.45) is 0 Å². The number of benzene rings is 1. The molecular weight excluding hydrogens is 327 g/mol. The molecule has 0 saturated heterocycles. The summed E-state index contributed by atoms with van der Waals surface area (Å²) in [6, 6.07) is 4.92. The van der Waals surface area contributed by atoms with Crippen LogP contribution in [0.4, 0.5) is 4.39 Å². The van der Waals surface area contributed by atoms with Gasteiger partial charge in [0.05, 0.1) is 6.61 Å². The minimum absolute atomic E-state index is 0.293. The molecule has 142 valence electrons. The van der Waals surface area contributed by atoms with Crippen LogP contribution in [0.2, 0.25) is 0 Å². The molecule has 1 heterocycles. The molecule has 0 unspecified atom stereocenters. The van der Waals surface area contributed by atoms with E-state index in [1.54, 1.807) is 6.07 Å². The quantitative estimate of drug-likeness (QED) is 0.414. The van der Waals surface area contributed by atoms with Crippen molar-refractivity contribution in [2.75, 3.05) is 6.61 Å². The van der Waals surface area contributed by atoms with Crippen molar-refractivity contribution in [2.45, 2.75) is 71.6 Å². The van der Waals surface area contributed by atoms with Crippen LogP contribution in [-0.4, -0.2) is 16.6 Å². The molecule has 0 aliphatic heterocycles. The summed E-state index contributed by atoms with van der Waals surface area (Å²) < 4.78 is 19.6. The van der Waals surface area contributed by atoms with Gasteiger partial charge in [-0.25, -0.2) is 14.4 Å². The highest BCUT2D eigenvalue weighted by molar-refractivity contribution is 5.56. The summed E-state index contributed by atoms with van der Waals surface area (Å²) in [5, 5.41) is 0. The number of nitrogens with zero attached hydrogens (tertiary/aromatic N) is 2. The Morgan fingerprint density at radius 3 is 2.27 bits per heavy atom. The third-order valence-corrected chi connectivity index (χ3v) is 4.47. The third-order valence-electron chi connectivity index (χ3n) is 4.47. The number of hydrogen-bond donors (Lipinski definition) is 0. The van der Waals surface area contributed by atoms with Crippen LogP contribution in [0.1, 0.15) is 70.8 Å². The largest absolute Gasteiger partial charge is 0.491 e. The van der Waals surface area contributed by atoms with Crippen LogP contribution in [-0.2, 0) is 6.42 Å². The van der Waals surface area contributed by atoms with Gasteiger partial charge in [0.15, 0.2) is 17.4 Å². The van der Waals surface area contributed by atoms with Gasteiger partial charge in [0.1, 0.15) is 0 Å². The van der Waals surface area contributed by atoms with Crippen molar-refractivity contribution in [1.29, 1.82) is 0 Å². The second kappa shape index (κ2) is 11.6. The molecule has 0 saturated carbocycles. The Labute approximate surface area is 157 Å². The van der Waals surface area contributed by atoms with E-state index in [1.807, 2.05) is 18.5 Å². The topological polar surface area (TPSA) is 35.0 Å². The van der Waals surface area contributed by atoms with E-state index in [2.05, 4.69) is 23.8 Å². The summed E-state index contributed by atoms with van der Waals surface area (Å²) in [5.41, 5.74) is 1.82. The molecule has 0 radical (unpaired) electrons. The van der Waals surface area contributed by atoms with E-state index in [9.17, 15) is 4.39 Å². The SMILES string of the molecule is CCCCCCCCc1cnc(-c2ccc(OCCCC)c(F)c2)nc1. The van der Waals surface area contributed by atoms with Crippen LogP contribution in [0, 0.1) is 5.82 Å². The van der Waals surface area contributed by atoms with Gasteiger partial charge in [0, 0.05) is 18.0 Å². The highest BCUT2D eigenvalue weighted by Crippen LogP contribution is 2.23. The fourth-order valence-corrected chi connectivity index (χ4v) is 2.83. The minimum atomic E-state index is -0.363. The standard InChI is InChI=1S/C22H31FN2O/c1-3-5-7-8-9-10-11-18-16-24-22(25-17-18)19-12-13-21(20(23)15-19)26-14-6-4-2/h12-13,15-17H,3-11,14H2,1-2H3. The van der Waals surface area contributed by atoms with Gasteiger partial charge in [-0.1, -0.05) is 52.4 Å². The molecule has 26 heavy (non-hydrogen) atoms. The summed E-state index contributed by atoms with van der Waals surface area (Å²) in [7, 11) is 0. The molecule has 4 heteroatoms. The van der Waals surface area contributed by atoms with E-state index in [4.69, 9.17) is 4.74 Å². The third kappa shape index (κ3) is 6.74. The molecule has 0 aliphatic carbocycles. The lowest BCUT2D eigenvalue weighted by Gasteiger charge is -2.08. The first kappa shape index (κ1) is 20.3. The van der Waals surface area contributed by atoms with Crippen molar-refractivity contribution in [3.63, 3.8) is 0 Å². The number of rotatable bonds is 12. The molecule has 0 amide bonds. The zero-order valence-corrected chi connectivity index (χ0v) is 16.1. The van der Waals surface area contributed by atoms with Gasteiger partial charge < -0.3 is 4.74 Å². The van der Waals surface area contributed by atoms with Crippen LogP contribution >= 0.6 is 0 Å². The van der Waals surface area contributed by atoms with Crippen LogP contribution in [0.15, 0.2) is 30.6 Å². The fraction of sp³-hybridized carbons (Fsp3) is 0.545. The van der Waals surface area contributed by atoms with E-state index < -0.39 is 0 Å². The monoisotopic (exact) mass is 358 g/mol. The van der Waals surface area contributed by atoms with Gasteiger partial charge in [-0.15, -0.1) is 0 Å². The lowest BCUT2D eigenvalue weighted by Crippen LogP contribution is -1.99. The number of hydrogen-bond acceptors (Lipinski definition) is 3. The van der Waals surface area contributed by atoms with E-state index in [1.165, 1.54) is 44.6 Å². The van der Waals surface area contributed by atoms with Gasteiger partial charge >= 0.3 is 0 Å². The number of aryl methyl sites for hydroxylation is 1. The molecule has 0 N–H and O–H groups in total. The number of halogens is 1. The first-order valence-electron chi connectivity index (χ1n) is 9.98. The Hall–Kier alpha value is -1.97. The van der Waals surface area contributed by atoms with Gasteiger partial charge in [-0.05, 0) is 43.0 Å². The normalized spacial score (nSPS) is 10.9. The zero-order valence-electron chi connectivity index (χ0n) is 16.1. The summed E-state index contributed by atoms with van der Waals surface area (Å²) in [4.78, 5) is 8.81. The molecular formula is C22H31FN2O. The summed E-state index contributed by atoms with van der Waals surface area (Å²) in [6.45, 7) is 4.85. The lowest BCUT2D eigenvalue weighted by molar-refractivity contribution is 0.294. The second-order valence-electron chi connectivity index (χ2n) is 6.78. The molecule has 0 atom stereocenters. The Bertz CT molecular complexity index is 643. The Balaban J connectivity index is 1.86. The zero-order chi connectivity index (χ0) is 18.6. The predicted octanol–water partition coefficient (Wildman–Crippen LogP) is 6.36. The number of unbranched alkanes of at least 4 members (excludes halogenated alkanes) is 6. The fourth-order valence-electron chi connectivity index (χ4n) is 2.83. The summed E-state index contributed by atoms with van der Waals surface area (Å²) >= 11 is 0. The van der Waals surface area contributed by atoms with Crippen LogP contribution in [0.25, 0.3) is 11.4 Å². The molecule has 1 aromatic carbocycles. The van der Waals surface area contributed by atoms with Gasteiger partial charge in [-0.3, -0.25) is 0 Å². The molecule has 0 fully saturated rings. The maximum Gasteiger partial charge on any atom is 0.165 e. The second-order valence-corrected chi connectivity index (χ2v) is 6.78. The molecule has 0 spiro atoms. The van der Waals surface area contributed by atoms with Crippen molar-refractivity contribution >= 4 is 0 Å². The molecule has 0 aliphatic rings. The first-order valence-corrected chi connectivity index (χ1v) is 9.98. The van der Waals surface area contributed by atoms with Crippen molar-refractivity contribution < 1.29 is 9.13 Å². The van der Waals surface area contributed by atoms with E-state index >= 15 is 0 Å². The average molecular weight is 359 g/mol. The summed E-state index contributed by atoms with van der Waals surface area (Å²) in [6.07, 6.45) is 14.3. The van der Waals surface area contributed by atoms with Crippen molar-refractivity contribution in [1.82, 2.24) is 9.97 Å². The van der Waals surface area contributed by atoms with Crippen LogP contribution in [0.5, 0.6) is 5.75 Å². The van der Waals surface area contributed by atoms with Gasteiger partial charge in [0.2, 0.25) is 0 Å². The molecule has 0 bridgehead atoms. The van der Waals surface area contributed by atoms with E-state index in [-0.39, 0.29) is 5.82 Å². The van der Waals surface area contributed by atoms with Crippen LogP contribution < -0.4 is 4.74 Å². The molecule has 3 nitrogen and oxygen atoms in total. The highest BCUT2D eigenvalue weighted by atomic mass is 19.1. The Morgan fingerprint density at radius 2 is 1.58 bits per heavy atom. The van der Waals surface area contributed by atoms with E-state index in [0.717, 1.165) is 24.8 Å². The Morgan fingerprint density at radius 1 is 0.885 bits per heavy atom. The number of ether oxygens (including phenoxy) is 1.